The first kappa shape index (κ1) is 15.4. The van der Waals surface area contributed by atoms with E-state index >= 15 is 0 Å². The van der Waals surface area contributed by atoms with Gasteiger partial charge in [0.05, 0.1) is 0 Å². The molecule has 0 bridgehead atoms. The van der Waals surface area contributed by atoms with Crippen molar-refractivity contribution in [2.75, 3.05) is 0 Å². The second-order valence-electron chi connectivity index (χ2n) is 5.26. The van der Waals surface area contributed by atoms with Crippen molar-refractivity contribution in [3.63, 3.8) is 0 Å². The van der Waals surface area contributed by atoms with E-state index in [-0.39, 0.29) is 10.5 Å². The SMILES string of the molecule is O=C(NC1CCCCCCC1)c1c(F)cc(Br)cc1F. The van der Waals surface area contributed by atoms with Gasteiger partial charge in [-0.25, -0.2) is 8.78 Å². The number of rotatable bonds is 2. The van der Waals surface area contributed by atoms with Crippen LogP contribution in [0.1, 0.15) is 55.3 Å². The van der Waals surface area contributed by atoms with Crippen LogP contribution < -0.4 is 5.32 Å². The van der Waals surface area contributed by atoms with Crippen molar-refractivity contribution in [2.24, 2.45) is 0 Å². The summed E-state index contributed by atoms with van der Waals surface area (Å²) >= 11 is 3.00. The third kappa shape index (κ3) is 4.01. The normalized spacial score (nSPS) is 17.4. The fourth-order valence-electron chi connectivity index (χ4n) is 2.62. The predicted octanol–water partition coefficient (Wildman–Crippen LogP) is 4.57. The lowest BCUT2D eigenvalue weighted by atomic mass is 9.96. The van der Waals surface area contributed by atoms with Gasteiger partial charge in [0.25, 0.3) is 5.91 Å². The zero-order valence-corrected chi connectivity index (χ0v) is 12.8. The van der Waals surface area contributed by atoms with E-state index in [2.05, 4.69) is 21.2 Å². The molecule has 110 valence electrons. The molecule has 20 heavy (non-hydrogen) atoms. The Morgan fingerprint density at radius 2 is 1.55 bits per heavy atom. The van der Waals surface area contributed by atoms with Gasteiger partial charge in [0, 0.05) is 10.5 Å². The van der Waals surface area contributed by atoms with Gasteiger partial charge in [0.2, 0.25) is 0 Å². The summed E-state index contributed by atoms with van der Waals surface area (Å²) in [6, 6.07) is 2.23. The zero-order chi connectivity index (χ0) is 14.5. The van der Waals surface area contributed by atoms with E-state index in [9.17, 15) is 13.6 Å². The van der Waals surface area contributed by atoms with Crippen molar-refractivity contribution >= 4 is 21.8 Å². The molecule has 2 nitrogen and oxygen atoms in total. The van der Waals surface area contributed by atoms with Crippen molar-refractivity contribution < 1.29 is 13.6 Å². The Labute approximate surface area is 126 Å². The Morgan fingerprint density at radius 3 is 2.10 bits per heavy atom. The summed E-state index contributed by atoms with van der Waals surface area (Å²) in [5.41, 5.74) is -0.491. The molecule has 1 N–H and O–H groups in total. The summed E-state index contributed by atoms with van der Waals surface area (Å²) in [6.45, 7) is 0. The van der Waals surface area contributed by atoms with Crippen molar-refractivity contribution in [2.45, 2.75) is 51.0 Å². The zero-order valence-electron chi connectivity index (χ0n) is 11.2. The van der Waals surface area contributed by atoms with Gasteiger partial charge in [-0.05, 0) is 25.0 Å². The van der Waals surface area contributed by atoms with Gasteiger partial charge < -0.3 is 5.32 Å². The van der Waals surface area contributed by atoms with E-state index in [1.54, 1.807) is 0 Å². The maximum Gasteiger partial charge on any atom is 0.257 e. The number of hydrogen-bond donors (Lipinski definition) is 1. The molecule has 0 saturated heterocycles. The van der Waals surface area contributed by atoms with Gasteiger partial charge in [0.15, 0.2) is 0 Å². The average Bonchev–Trinajstić information content (AvgIpc) is 2.31. The van der Waals surface area contributed by atoms with E-state index in [4.69, 9.17) is 0 Å². The lowest BCUT2D eigenvalue weighted by molar-refractivity contribution is 0.0922. The molecule has 0 radical (unpaired) electrons. The third-order valence-corrected chi connectivity index (χ3v) is 4.13. The minimum absolute atomic E-state index is 0.0187. The molecule has 5 heteroatoms. The van der Waals surface area contributed by atoms with Crippen LogP contribution in [0.25, 0.3) is 0 Å². The molecule has 1 aromatic carbocycles. The quantitative estimate of drug-likeness (QED) is 0.835. The molecule has 0 spiro atoms. The van der Waals surface area contributed by atoms with Crippen LogP contribution in [0.4, 0.5) is 8.78 Å². The second-order valence-corrected chi connectivity index (χ2v) is 6.18. The highest BCUT2D eigenvalue weighted by atomic mass is 79.9. The molecular weight excluding hydrogens is 328 g/mol. The molecule has 0 heterocycles. The van der Waals surface area contributed by atoms with Crippen LogP contribution >= 0.6 is 15.9 Å². The second kappa shape index (κ2) is 7.16. The Balaban J connectivity index is 2.07. The van der Waals surface area contributed by atoms with Crippen molar-refractivity contribution in [1.29, 1.82) is 0 Å². The van der Waals surface area contributed by atoms with Crippen LogP contribution in [0, 0.1) is 11.6 Å². The van der Waals surface area contributed by atoms with E-state index in [1.165, 1.54) is 6.42 Å². The molecule has 1 aliphatic carbocycles. The molecular formula is C15H18BrF2NO. The van der Waals surface area contributed by atoms with E-state index < -0.39 is 23.1 Å². The number of benzene rings is 1. The molecule has 1 saturated carbocycles. The fourth-order valence-corrected chi connectivity index (χ4v) is 3.02. The lowest BCUT2D eigenvalue weighted by Gasteiger charge is -2.21. The topological polar surface area (TPSA) is 29.1 Å². The van der Waals surface area contributed by atoms with Crippen LogP contribution in [-0.4, -0.2) is 11.9 Å². The lowest BCUT2D eigenvalue weighted by Crippen LogP contribution is -2.36. The highest BCUT2D eigenvalue weighted by molar-refractivity contribution is 9.10. The summed E-state index contributed by atoms with van der Waals surface area (Å²) in [6.07, 6.45) is 7.42. The van der Waals surface area contributed by atoms with Gasteiger partial charge in [-0.15, -0.1) is 0 Å². The third-order valence-electron chi connectivity index (χ3n) is 3.67. The van der Waals surface area contributed by atoms with Crippen LogP contribution in [0.5, 0.6) is 0 Å². The highest BCUT2D eigenvalue weighted by Crippen LogP contribution is 2.21. The molecule has 1 amide bonds. The number of carbonyl (C=O) groups is 1. The van der Waals surface area contributed by atoms with Crippen molar-refractivity contribution in [1.82, 2.24) is 5.32 Å². The smallest absolute Gasteiger partial charge is 0.257 e. The molecule has 0 aromatic heterocycles. The highest BCUT2D eigenvalue weighted by Gasteiger charge is 2.21. The monoisotopic (exact) mass is 345 g/mol. The summed E-state index contributed by atoms with van der Waals surface area (Å²) < 4.78 is 27.7. The average molecular weight is 346 g/mol. The Kier molecular flexibility index (Phi) is 5.52. The molecule has 0 aliphatic heterocycles. The van der Waals surface area contributed by atoms with E-state index in [1.807, 2.05) is 0 Å². The van der Waals surface area contributed by atoms with E-state index in [0.29, 0.717) is 0 Å². The number of halogens is 3. The summed E-state index contributed by atoms with van der Waals surface area (Å²) in [5.74, 6) is -2.32. The molecule has 1 aliphatic rings. The van der Waals surface area contributed by atoms with Gasteiger partial charge in [-0.1, -0.05) is 48.0 Å². The molecule has 2 rings (SSSR count). The van der Waals surface area contributed by atoms with Gasteiger partial charge in [-0.2, -0.15) is 0 Å². The standard InChI is InChI=1S/C15H18BrF2NO/c16-10-8-12(17)14(13(18)9-10)15(20)19-11-6-4-2-1-3-5-7-11/h8-9,11H,1-7H2,(H,19,20). The number of amides is 1. The predicted molar refractivity (Wildman–Crippen MR) is 77.6 cm³/mol. The van der Waals surface area contributed by atoms with Crippen LogP contribution in [0.2, 0.25) is 0 Å². The summed E-state index contributed by atoms with van der Waals surface area (Å²) in [5, 5.41) is 2.77. The maximum absolute atomic E-state index is 13.7. The molecule has 0 unspecified atom stereocenters. The van der Waals surface area contributed by atoms with Crippen molar-refractivity contribution in [3.05, 3.63) is 33.8 Å². The van der Waals surface area contributed by atoms with Gasteiger partial charge in [0.1, 0.15) is 17.2 Å². The Hall–Kier alpha value is -0.970. The largest absolute Gasteiger partial charge is 0.349 e. The van der Waals surface area contributed by atoms with Crippen LogP contribution in [0.15, 0.2) is 16.6 Å². The molecule has 1 fully saturated rings. The minimum Gasteiger partial charge on any atom is -0.349 e. The summed E-state index contributed by atoms with van der Waals surface area (Å²) in [7, 11) is 0. The number of carbonyl (C=O) groups excluding carboxylic acids is 1. The Morgan fingerprint density at radius 1 is 1.05 bits per heavy atom. The molecule has 1 aromatic rings. The first-order chi connectivity index (χ1) is 9.58. The van der Waals surface area contributed by atoms with Crippen LogP contribution in [0.3, 0.4) is 0 Å². The van der Waals surface area contributed by atoms with Crippen molar-refractivity contribution in [3.8, 4) is 0 Å². The van der Waals surface area contributed by atoms with E-state index in [0.717, 1.165) is 50.7 Å². The fraction of sp³-hybridized carbons (Fsp3) is 0.533. The first-order valence-electron chi connectivity index (χ1n) is 7.03. The van der Waals surface area contributed by atoms with Gasteiger partial charge in [-0.3, -0.25) is 4.79 Å². The number of hydrogen-bond acceptors (Lipinski definition) is 1. The van der Waals surface area contributed by atoms with Gasteiger partial charge >= 0.3 is 0 Å². The minimum atomic E-state index is -0.833. The molecule has 0 atom stereocenters. The first-order valence-corrected chi connectivity index (χ1v) is 7.82. The Bertz CT molecular complexity index is 462. The number of nitrogens with one attached hydrogen (secondary N) is 1. The van der Waals surface area contributed by atoms with Crippen LogP contribution in [-0.2, 0) is 0 Å². The summed E-state index contributed by atoms with van der Waals surface area (Å²) in [4.78, 5) is 12.1. The maximum atomic E-state index is 13.7.